The van der Waals surface area contributed by atoms with Gasteiger partial charge in [-0.15, -0.1) is 0 Å². The number of nitrogens with zero attached hydrogens (tertiary/aromatic N) is 1. The van der Waals surface area contributed by atoms with Crippen molar-refractivity contribution in [1.82, 2.24) is 5.32 Å². The third kappa shape index (κ3) is 3.00. The molecule has 1 saturated carbocycles. The van der Waals surface area contributed by atoms with Crippen molar-refractivity contribution in [2.75, 3.05) is 11.4 Å². The fraction of sp³-hybridized carbons (Fsp3) is 0.421. The summed E-state index contributed by atoms with van der Waals surface area (Å²) in [6.07, 6.45) is 4.80. The standard InChI is InChI=1S/C19H18ClFN2O4/c20-12-4-3-11(8-13(12)21)23-6-5-14(18(23)25)22-17(24)15-9-1-2-10(7-9)16(15)19(26)27/h1-4,8-10,14-16H,5-7H2,(H,22,24)(H,26,27). The summed E-state index contributed by atoms with van der Waals surface area (Å²) >= 11 is 5.68. The summed E-state index contributed by atoms with van der Waals surface area (Å²) in [6, 6.07) is 3.37. The SMILES string of the molecule is O=C(O)C1C2C=CC(C2)C1C(=O)NC1CCN(c2ccc(Cl)c(F)c2)C1=O. The molecular weight excluding hydrogens is 375 g/mol. The molecule has 2 N–H and O–H groups in total. The van der Waals surface area contributed by atoms with Crippen LogP contribution in [0.2, 0.25) is 5.02 Å². The van der Waals surface area contributed by atoms with Crippen LogP contribution in [0.25, 0.3) is 0 Å². The first kappa shape index (κ1) is 18.0. The molecule has 4 rings (SSSR count). The molecule has 1 aliphatic heterocycles. The Labute approximate surface area is 160 Å². The molecule has 2 aliphatic carbocycles. The molecule has 1 saturated heterocycles. The minimum Gasteiger partial charge on any atom is -0.481 e. The summed E-state index contributed by atoms with van der Waals surface area (Å²) in [7, 11) is 0. The van der Waals surface area contributed by atoms with Gasteiger partial charge in [0.1, 0.15) is 11.9 Å². The van der Waals surface area contributed by atoms with Crippen LogP contribution in [0.5, 0.6) is 0 Å². The quantitative estimate of drug-likeness (QED) is 0.769. The average Bonchev–Trinajstić information content (AvgIpc) is 3.32. The Kier molecular flexibility index (Phi) is 4.42. The number of anilines is 1. The Morgan fingerprint density at radius 3 is 2.59 bits per heavy atom. The highest BCUT2D eigenvalue weighted by Gasteiger charge is 2.52. The van der Waals surface area contributed by atoms with Gasteiger partial charge in [0, 0.05) is 12.2 Å². The number of carbonyl (C=O) groups excluding carboxylic acids is 2. The van der Waals surface area contributed by atoms with E-state index in [4.69, 9.17) is 11.6 Å². The number of halogens is 2. The maximum atomic E-state index is 13.7. The summed E-state index contributed by atoms with van der Waals surface area (Å²) in [5.74, 6) is -3.98. The van der Waals surface area contributed by atoms with Crippen LogP contribution in [0.3, 0.4) is 0 Å². The van der Waals surface area contributed by atoms with Gasteiger partial charge >= 0.3 is 5.97 Å². The van der Waals surface area contributed by atoms with Gasteiger partial charge in [0.05, 0.1) is 16.9 Å². The molecule has 0 radical (unpaired) electrons. The van der Waals surface area contributed by atoms with E-state index in [-0.39, 0.29) is 22.8 Å². The number of carboxylic acid groups (broad SMARTS) is 1. The Balaban J connectivity index is 1.46. The fourth-order valence-corrected chi connectivity index (χ4v) is 4.63. The van der Waals surface area contributed by atoms with Crippen LogP contribution in [0.4, 0.5) is 10.1 Å². The predicted octanol–water partition coefficient (Wildman–Crippen LogP) is 2.22. The summed E-state index contributed by atoms with van der Waals surface area (Å²) in [6.45, 7) is 0.337. The lowest BCUT2D eigenvalue weighted by atomic mass is 9.82. The second kappa shape index (κ2) is 6.64. The monoisotopic (exact) mass is 392 g/mol. The van der Waals surface area contributed by atoms with Gasteiger partial charge in [-0.05, 0) is 42.9 Å². The van der Waals surface area contributed by atoms with Crippen LogP contribution in [0.1, 0.15) is 12.8 Å². The fourth-order valence-electron chi connectivity index (χ4n) is 4.51. The number of rotatable bonds is 4. The zero-order valence-corrected chi connectivity index (χ0v) is 15.0. The summed E-state index contributed by atoms with van der Waals surface area (Å²) in [5.41, 5.74) is 0.380. The highest BCUT2D eigenvalue weighted by molar-refractivity contribution is 6.30. The van der Waals surface area contributed by atoms with Crippen LogP contribution in [-0.2, 0) is 14.4 Å². The number of hydrogen-bond acceptors (Lipinski definition) is 3. The van der Waals surface area contributed by atoms with Gasteiger partial charge in [-0.2, -0.15) is 0 Å². The molecule has 5 unspecified atom stereocenters. The predicted molar refractivity (Wildman–Crippen MR) is 95.7 cm³/mol. The molecule has 0 aromatic heterocycles. The Hall–Kier alpha value is -2.41. The maximum Gasteiger partial charge on any atom is 0.307 e. The van der Waals surface area contributed by atoms with E-state index in [9.17, 15) is 23.9 Å². The topological polar surface area (TPSA) is 86.7 Å². The third-order valence-corrected chi connectivity index (χ3v) is 6.09. The molecule has 2 amide bonds. The van der Waals surface area contributed by atoms with Crippen molar-refractivity contribution in [1.29, 1.82) is 0 Å². The molecule has 1 aromatic rings. The van der Waals surface area contributed by atoms with Crippen molar-refractivity contribution in [3.8, 4) is 0 Å². The smallest absolute Gasteiger partial charge is 0.307 e. The molecule has 6 nitrogen and oxygen atoms in total. The van der Waals surface area contributed by atoms with Crippen LogP contribution in [-0.4, -0.2) is 35.5 Å². The average molecular weight is 393 g/mol. The van der Waals surface area contributed by atoms with Crippen molar-refractivity contribution < 1.29 is 23.9 Å². The third-order valence-electron chi connectivity index (χ3n) is 5.78. The highest BCUT2D eigenvalue weighted by Crippen LogP contribution is 2.48. The van der Waals surface area contributed by atoms with Gasteiger partial charge in [0.15, 0.2) is 0 Å². The molecule has 0 spiro atoms. The zero-order valence-electron chi connectivity index (χ0n) is 14.3. The zero-order chi connectivity index (χ0) is 19.3. The molecule has 1 heterocycles. The molecule has 2 fully saturated rings. The molecular formula is C19H18ClFN2O4. The molecule has 5 atom stereocenters. The molecule has 2 bridgehead atoms. The second-order valence-electron chi connectivity index (χ2n) is 7.28. The van der Waals surface area contributed by atoms with Crippen LogP contribution in [0, 0.1) is 29.5 Å². The number of allylic oxidation sites excluding steroid dienone is 2. The van der Waals surface area contributed by atoms with Crippen molar-refractivity contribution in [3.63, 3.8) is 0 Å². The lowest BCUT2D eigenvalue weighted by Gasteiger charge is -2.25. The molecule has 27 heavy (non-hydrogen) atoms. The van der Waals surface area contributed by atoms with Gasteiger partial charge in [-0.3, -0.25) is 14.4 Å². The van der Waals surface area contributed by atoms with Gasteiger partial charge in [-0.25, -0.2) is 4.39 Å². The maximum absolute atomic E-state index is 13.7. The normalized spacial score (nSPS) is 31.6. The number of benzene rings is 1. The van der Waals surface area contributed by atoms with Gasteiger partial charge in [0.2, 0.25) is 11.8 Å². The lowest BCUT2D eigenvalue weighted by molar-refractivity contribution is -0.148. The summed E-state index contributed by atoms with van der Waals surface area (Å²) < 4.78 is 13.7. The van der Waals surface area contributed by atoms with Gasteiger partial charge in [0.25, 0.3) is 0 Å². The minimum absolute atomic E-state index is 0.0284. The molecule has 3 aliphatic rings. The first-order valence-corrected chi connectivity index (χ1v) is 9.22. The van der Waals surface area contributed by atoms with E-state index in [0.29, 0.717) is 25.1 Å². The molecule has 142 valence electrons. The Morgan fingerprint density at radius 1 is 1.22 bits per heavy atom. The van der Waals surface area contributed by atoms with E-state index in [1.807, 2.05) is 12.2 Å². The van der Waals surface area contributed by atoms with Crippen molar-refractivity contribution in [2.24, 2.45) is 23.7 Å². The first-order valence-electron chi connectivity index (χ1n) is 8.84. The second-order valence-corrected chi connectivity index (χ2v) is 7.68. The number of nitrogens with one attached hydrogen (secondary N) is 1. The number of hydrogen-bond donors (Lipinski definition) is 2. The van der Waals surface area contributed by atoms with Crippen molar-refractivity contribution >= 4 is 35.1 Å². The van der Waals surface area contributed by atoms with E-state index < -0.39 is 35.6 Å². The van der Waals surface area contributed by atoms with Crippen molar-refractivity contribution in [2.45, 2.75) is 18.9 Å². The Morgan fingerprint density at radius 2 is 1.93 bits per heavy atom. The number of fused-ring (bicyclic) bond motifs is 2. The number of aliphatic carboxylic acids is 1. The Bertz CT molecular complexity index is 858. The van der Waals surface area contributed by atoms with Crippen LogP contribution in [0.15, 0.2) is 30.4 Å². The van der Waals surface area contributed by atoms with E-state index >= 15 is 0 Å². The lowest BCUT2D eigenvalue weighted by Crippen LogP contribution is -2.47. The summed E-state index contributed by atoms with van der Waals surface area (Å²) in [4.78, 5) is 38.4. The molecule has 8 heteroatoms. The van der Waals surface area contributed by atoms with E-state index in [1.54, 1.807) is 6.07 Å². The van der Waals surface area contributed by atoms with E-state index in [0.717, 1.165) is 0 Å². The van der Waals surface area contributed by atoms with Crippen molar-refractivity contribution in [3.05, 3.63) is 41.2 Å². The van der Waals surface area contributed by atoms with Gasteiger partial charge in [-0.1, -0.05) is 23.8 Å². The van der Waals surface area contributed by atoms with Gasteiger partial charge < -0.3 is 15.3 Å². The molecule has 1 aromatic carbocycles. The van der Waals surface area contributed by atoms with E-state index in [1.165, 1.54) is 17.0 Å². The van der Waals surface area contributed by atoms with Crippen LogP contribution >= 0.6 is 11.6 Å². The number of carboxylic acids is 1. The number of carbonyl (C=O) groups is 3. The minimum atomic E-state index is -0.983. The summed E-state index contributed by atoms with van der Waals surface area (Å²) in [5, 5.41) is 12.2. The largest absolute Gasteiger partial charge is 0.481 e. The highest BCUT2D eigenvalue weighted by atomic mass is 35.5. The van der Waals surface area contributed by atoms with Crippen LogP contribution < -0.4 is 10.2 Å². The van der Waals surface area contributed by atoms with E-state index in [2.05, 4.69) is 5.32 Å². The number of amides is 2. The first-order chi connectivity index (χ1) is 12.9.